The largest absolute Gasteiger partial charge is 0.394 e. The number of rotatable bonds is 4. The maximum absolute atomic E-state index is 13.5. The molecule has 1 aliphatic carbocycles. The molecule has 1 atom stereocenters. The highest BCUT2D eigenvalue weighted by Crippen LogP contribution is 2.23. The number of hydrogen-bond donors (Lipinski definition) is 2. The smallest absolute Gasteiger partial charge is 0.126 e. The van der Waals surface area contributed by atoms with Gasteiger partial charge in [0.25, 0.3) is 0 Å². The maximum atomic E-state index is 13.5. The van der Waals surface area contributed by atoms with Gasteiger partial charge in [-0.3, -0.25) is 0 Å². The van der Waals surface area contributed by atoms with E-state index >= 15 is 0 Å². The Kier molecular flexibility index (Phi) is 4.13. The van der Waals surface area contributed by atoms with E-state index in [1.54, 1.807) is 13.0 Å². The standard InChI is InChI=1S/C14H20FNO/c1-10-6-7-11(8-13(10)15)14(9-17)16-12-4-2-3-5-12/h6-8,12,14,16-17H,2-5,9H2,1H3. The molecule has 1 aliphatic rings. The number of nitrogens with one attached hydrogen (secondary N) is 1. The Balaban J connectivity index is 2.08. The highest BCUT2D eigenvalue weighted by Gasteiger charge is 2.20. The van der Waals surface area contributed by atoms with Crippen LogP contribution in [0.3, 0.4) is 0 Å². The van der Waals surface area contributed by atoms with Crippen LogP contribution in [0.2, 0.25) is 0 Å². The first kappa shape index (κ1) is 12.5. The van der Waals surface area contributed by atoms with Gasteiger partial charge in [-0.05, 0) is 37.0 Å². The van der Waals surface area contributed by atoms with Gasteiger partial charge in [-0.15, -0.1) is 0 Å². The lowest BCUT2D eigenvalue weighted by Crippen LogP contribution is -2.32. The monoisotopic (exact) mass is 237 g/mol. The van der Waals surface area contributed by atoms with E-state index in [-0.39, 0.29) is 18.5 Å². The Labute approximate surface area is 102 Å². The minimum atomic E-state index is -0.200. The van der Waals surface area contributed by atoms with Crippen molar-refractivity contribution in [2.75, 3.05) is 6.61 Å². The molecular formula is C14H20FNO. The third kappa shape index (κ3) is 3.05. The predicted octanol–water partition coefficient (Wildman–Crippen LogP) is 2.70. The van der Waals surface area contributed by atoms with Crippen LogP contribution in [0.1, 0.15) is 42.9 Å². The maximum Gasteiger partial charge on any atom is 0.126 e. The van der Waals surface area contributed by atoms with Crippen LogP contribution in [0.4, 0.5) is 4.39 Å². The molecule has 1 aromatic rings. The first-order valence-corrected chi connectivity index (χ1v) is 6.33. The minimum absolute atomic E-state index is 0.0129. The van der Waals surface area contributed by atoms with Gasteiger partial charge in [0.1, 0.15) is 5.82 Å². The second-order valence-corrected chi connectivity index (χ2v) is 4.89. The summed E-state index contributed by atoms with van der Waals surface area (Å²) in [6.07, 6.45) is 4.81. The molecule has 0 bridgehead atoms. The molecule has 3 heteroatoms. The molecule has 1 aromatic carbocycles. The molecule has 1 saturated carbocycles. The summed E-state index contributed by atoms with van der Waals surface area (Å²) in [7, 11) is 0. The molecule has 0 heterocycles. The second kappa shape index (κ2) is 5.61. The molecular weight excluding hydrogens is 217 g/mol. The fraction of sp³-hybridized carbons (Fsp3) is 0.571. The average molecular weight is 237 g/mol. The summed E-state index contributed by atoms with van der Waals surface area (Å²) in [6, 6.07) is 5.51. The number of aliphatic hydroxyl groups is 1. The van der Waals surface area contributed by atoms with Crippen LogP contribution in [0.15, 0.2) is 18.2 Å². The zero-order chi connectivity index (χ0) is 12.3. The molecule has 2 N–H and O–H groups in total. The van der Waals surface area contributed by atoms with Gasteiger partial charge in [-0.1, -0.05) is 25.0 Å². The molecule has 0 saturated heterocycles. The lowest BCUT2D eigenvalue weighted by molar-refractivity contribution is 0.232. The summed E-state index contributed by atoms with van der Waals surface area (Å²) in [4.78, 5) is 0. The Hall–Kier alpha value is -0.930. The molecule has 1 fully saturated rings. The average Bonchev–Trinajstić information content (AvgIpc) is 2.82. The van der Waals surface area contributed by atoms with Crippen molar-refractivity contribution in [3.8, 4) is 0 Å². The number of hydrogen-bond acceptors (Lipinski definition) is 2. The third-order valence-electron chi connectivity index (χ3n) is 3.57. The zero-order valence-electron chi connectivity index (χ0n) is 10.2. The summed E-state index contributed by atoms with van der Waals surface area (Å²) >= 11 is 0. The van der Waals surface area contributed by atoms with Gasteiger partial charge >= 0.3 is 0 Å². The van der Waals surface area contributed by atoms with Gasteiger partial charge < -0.3 is 10.4 Å². The summed E-state index contributed by atoms with van der Waals surface area (Å²) in [5, 5.41) is 12.8. The number of benzene rings is 1. The molecule has 0 aromatic heterocycles. The van der Waals surface area contributed by atoms with E-state index in [1.165, 1.54) is 18.9 Å². The van der Waals surface area contributed by atoms with Crippen molar-refractivity contribution in [1.29, 1.82) is 0 Å². The summed E-state index contributed by atoms with van der Waals surface area (Å²) in [5.41, 5.74) is 1.48. The third-order valence-corrected chi connectivity index (χ3v) is 3.57. The second-order valence-electron chi connectivity index (χ2n) is 4.89. The molecule has 0 radical (unpaired) electrons. The van der Waals surface area contributed by atoms with Crippen LogP contribution in [0, 0.1) is 12.7 Å². The minimum Gasteiger partial charge on any atom is -0.394 e. The summed E-state index contributed by atoms with van der Waals surface area (Å²) in [5.74, 6) is -0.200. The highest BCUT2D eigenvalue weighted by molar-refractivity contribution is 5.26. The van der Waals surface area contributed by atoms with Crippen molar-refractivity contribution in [3.05, 3.63) is 35.1 Å². The fourth-order valence-electron chi connectivity index (χ4n) is 2.46. The Morgan fingerprint density at radius 2 is 2.12 bits per heavy atom. The van der Waals surface area contributed by atoms with E-state index in [9.17, 15) is 9.50 Å². The first-order valence-electron chi connectivity index (χ1n) is 6.33. The molecule has 17 heavy (non-hydrogen) atoms. The molecule has 0 aliphatic heterocycles. The van der Waals surface area contributed by atoms with Gasteiger partial charge in [0.2, 0.25) is 0 Å². The fourth-order valence-corrected chi connectivity index (χ4v) is 2.46. The van der Waals surface area contributed by atoms with E-state index in [4.69, 9.17) is 0 Å². The van der Waals surface area contributed by atoms with Crippen molar-refractivity contribution >= 4 is 0 Å². The van der Waals surface area contributed by atoms with Crippen LogP contribution in [0.25, 0.3) is 0 Å². The molecule has 94 valence electrons. The van der Waals surface area contributed by atoms with Crippen LogP contribution in [-0.2, 0) is 0 Å². The van der Waals surface area contributed by atoms with E-state index in [0.29, 0.717) is 11.6 Å². The SMILES string of the molecule is Cc1ccc(C(CO)NC2CCCC2)cc1F. The lowest BCUT2D eigenvalue weighted by atomic mass is 10.0. The van der Waals surface area contributed by atoms with Gasteiger partial charge in [0.15, 0.2) is 0 Å². The normalized spacial score (nSPS) is 18.5. The van der Waals surface area contributed by atoms with Crippen molar-refractivity contribution in [2.45, 2.75) is 44.7 Å². The van der Waals surface area contributed by atoms with Gasteiger partial charge in [-0.2, -0.15) is 0 Å². The van der Waals surface area contributed by atoms with Crippen molar-refractivity contribution < 1.29 is 9.50 Å². The predicted molar refractivity (Wildman–Crippen MR) is 66.4 cm³/mol. The zero-order valence-corrected chi connectivity index (χ0v) is 10.2. The van der Waals surface area contributed by atoms with Gasteiger partial charge in [-0.25, -0.2) is 4.39 Å². The Morgan fingerprint density at radius 3 is 2.71 bits per heavy atom. The van der Waals surface area contributed by atoms with Crippen LogP contribution in [0.5, 0.6) is 0 Å². The van der Waals surface area contributed by atoms with Crippen molar-refractivity contribution in [3.63, 3.8) is 0 Å². The molecule has 2 rings (SSSR count). The van der Waals surface area contributed by atoms with Crippen LogP contribution < -0.4 is 5.32 Å². The topological polar surface area (TPSA) is 32.3 Å². The first-order chi connectivity index (χ1) is 8.20. The van der Waals surface area contributed by atoms with Crippen molar-refractivity contribution in [1.82, 2.24) is 5.32 Å². The van der Waals surface area contributed by atoms with Crippen molar-refractivity contribution in [2.24, 2.45) is 0 Å². The number of halogens is 1. The van der Waals surface area contributed by atoms with Crippen LogP contribution in [-0.4, -0.2) is 17.8 Å². The molecule has 2 nitrogen and oxygen atoms in total. The quantitative estimate of drug-likeness (QED) is 0.844. The molecule has 0 spiro atoms. The Bertz CT molecular complexity index is 374. The van der Waals surface area contributed by atoms with Crippen LogP contribution >= 0.6 is 0 Å². The lowest BCUT2D eigenvalue weighted by Gasteiger charge is -2.21. The number of aliphatic hydroxyl groups excluding tert-OH is 1. The molecule has 1 unspecified atom stereocenters. The van der Waals surface area contributed by atoms with E-state index in [1.807, 2.05) is 6.07 Å². The molecule has 0 amide bonds. The summed E-state index contributed by atoms with van der Waals surface area (Å²) in [6.45, 7) is 1.76. The van der Waals surface area contributed by atoms with E-state index in [2.05, 4.69) is 5.32 Å². The highest BCUT2D eigenvalue weighted by atomic mass is 19.1. The van der Waals surface area contributed by atoms with E-state index in [0.717, 1.165) is 18.4 Å². The van der Waals surface area contributed by atoms with Gasteiger partial charge in [0.05, 0.1) is 12.6 Å². The summed E-state index contributed by atoms with van der Waals surface area (Å²) < 4.78 is 13.5. The van der Waals surface area contributed by atoms with Gasteiger partial charge in [0, 0.05) is 6.04 Å². The Morgan fingerprint density at radius 1 is 1.41 bits per heavy atom. The van der Waals surface area contributed by atoms with E-state index < -0.39 is 0 Å². The number of aryl methyl sites for hydroxylation is 1.